The molecular weight excluding hydrogens is 400 g/mol. The lowest BCUT2D eigenvalue weighted by Crippen LogP contribution is -2.29. The van der Waals surface area contributed by atoms with E-state index in [0.717, 1.165) is 48.7 Å². The summed E-state index contributed by atoms with van der Waals surface area (Å²) >= 11 is 0. The van der Waals surface area contributed by atoms with Crippen LogP contribution in [0.3, 0.4) is 0 Å². The number of benzene rings is 2. The van der Waals surface area contributed by atoms with Gasteiger partial charge in [-0.3, -0.25) is 4.79 Å². The lowest BCUT2D eigenvalue weighted by molar-refractivity contribution is 0.102. The summed E-state index contributed by atoms with van der Waals surface area (Å²) in [6, 6.07) is 15.6. The fourth-order valence-electron chi connectivity index (χ4n) is 3.79. The third kappa shape index (κ3) is 4.66. The highest BCUT2D eigenvalue weighted by Gasteiger charge is 2.27. The maximum atomic E-state index is 13.1. The second-order valence-electron chi connectivity index (χ2n) is 7.40. The number of rotatable bonds is 5. The van der Waals surface area contributed by atoms with Gasteiger partial charge in [-0.15, -0.1) is 12.4 Å². The normalized spacial score (nSPS) is 14.1. The van der Waals surface area contributed by atoms with Gasteiger partial charge in [0.15, 0.2) is 0 Å². The topological polar surface area (TPSA) is 68.2 Å². The number of ether oxygens (including phenoxy) is 1. The third-order valence-electron chi connectivity index (χ3n) is 5.40. The largest absolute Gasteiger partial charge is 0.497 e. The van der Waals surface area contributed by atoms with Gasteiger partial charge in [-0.05, 0) is 69.3 Å². The first kappa shape index (κ1) is 21.9. The monoisotopic (exact) mass is 426 g/mol. The number of nitrogens with zero attached hydrogens (tertiary/aromatic N) is 2. The maximum Gasteiger partial charge on any atom is 0.259 e. The van der Waals surface area contributed by atoms with Gasteiger partial charge in [0.05, 0.1) is 30.3 Å². The average Bonchev–Trinajstić information content (AvgIpc) is 3.21. The van der Waals surface area contributed by atoms with E-state index in [1.165, 1.54) is 5.56 Å². The molecule has 1 aliphatic rings. The van der Waals surface area contributed by atoms with Crippen LogP contribution in [0.2, 0.25) is 0 Å². The van der Waals surface area contributed by atoms with Gasteiger partial charge in [0, 0.05) is 11.6 Å². The van der Waals surface area contributed by atoms with Gasteiger partial charge in [-0.2, -0.15) is 5.10 Å². The number of hydrogen-bond acceptors (Lipinski definition) is 4. The van der Waals surface area contributed by atoms with Gasteiger partial charge in [-0.25, -0.2) is 4.68 Å². The molecule has 2 N–H and O–H groups in total. The first-order chi connectivity index (χ1) is 14.2. The van der Waals surface area contributed by atoms with Crippen molar-refractivity contribution in [2.75, 3.05) is 25.5 Å². The molecule has 30 heavy (non-hydrogen) atoms. The number of halogens is 1. The summed E-state index contributed by atoms with van der Waals surface area (Å²) in [5.74, 6) is 0.907. The summed E-state index contributed by atoms with van der Waals surface area (Å²) in [5, 5.41) is 11.0. The van der Waals surface area contributed by atoms with Crippen LogP contribution in [0.15, 0.2) is 54.7 Å². The Kier molecular flexibility index (Phi) is 7.13. The van der Waals surface area contributed by atoms with E-state index in [1.54, 1.807) is 13.3 Å². The minimum atomic E-state index is -0.137. The van der Waals surface area contributed by atoms with Crippen molar-refractivity contribution in [3.8, 4) is 11.4 Å². The molecule has 1 amide bonds. The Morgan fingerprint density at radius 3 is 2.40 bits per heavy atom. The van der Waals surface area contributed by atoms with E-state index in [0.29, 0.717) is 5.56 Å². The van der Waals surface area contributed by atoms with Crippen LogP contribution in [0.1, 0.15) is 40.4 Å². The van der Waals surface area contributed by atoms with Crippen molar-refractivity contribution in [3.05, 3.63) is 71.5 Å². The van der Waals surface area contributed by atoms with E-state index in [2.05, 4.69) is 46.9 Å². The molecule has 0 aliphatic carbocycles. The smallest absolute Gasteiger partial charge is 0.259 e. The maximum absolute atomic E-state index is 13.1. The predicted octanol–water partition coefficient (Wildman–Crippen LogP) is 4.33. The lowest BCUT2D eigenvalue weighted by atomic mass is 9.91. The van der Waals surface area contributed by atoms with Crippen LogP contribution in [0.4, 0.5) is 5.69 Å². The fraction of sp³-hybridized carbons (Fsp3) is 0.304. The first-order valence-corrected chi connectivity index (χ1v) is 9.97. The SMILES string of the molecule is COc1ccc(NC(=O)c2cnn(-c3ccc(C)cc3)c2C2CCNCC2)cc1.Cl. The van der Waals surface area contributed by atoms with E-state index < -0.39 is 0 Å². The van der Waals surface area contributed by atoms with Gasteiger partial charge in [0.25, 0.3) is 5.91 Å². The van der Waals surface area contributed by atoms with Crippen LogP contribution >= 0.6 is 12.4 Å². The van der Waals surface area contributed by atoms with Gasteiger partial charge in [0.2, 0.25) is 0 Å². The summed E-state index contributed by atoms with van der Waals surface area (Å²) in [4.78, 5) is 13.1. The Balaban J connectivity index is 0.00000256. The predicted molar refractivity (Wildman–Crippen MR) is 121 cm³/mol. The summed E-state index contributed by atoms with van der Waals surface area (Å²) in [6.45, 7) is 3.96. The van der Waals surface area contributed by atoms with Crippen molar-refractivity contribution in [2.45, 2.75) is 25.7 Å². The van der Waals surface area contributed by atoms with Crippen LogP contribution in [-0.2, 0) is 0 Å². The van der Waals surface area contributed by atoms with Gasteiger partial charge < -0.3 is 15.4 Å². The average molecular weight is 427 g/mol. The molecule has 0 unspecified atom stereocenters. The molecule has 3 aromatic rings. The first-order valence-electron chi connectivity index (χ1n) is 9.97. The number of carbonyl (C=O) groups excluding carboxylic acids is 1. The number of aromatic nitrogens is 2. The second-order valence-corrected chi connectivity index (χ2v) is 7.40. The number of aryl methyl sites for hydroxylation is 1. The zero-order chi connectivity index (χ0) is 20.2. The summed E-state index contributed by atoms with van der Waals surface area (Å²) < 4.78 is 7.11. The third-order valence-corrected chi connectivity index (χ3v) is 5.40. The molecular formula is C23H27ClN4O2. The lowest BCUT2D eigenvalue weighted by Gasteiger charge is -2.24. The van der Waals surface area contributed by atoms with Crippen molar-refractivity contribution in [1.29, 1.82) is 0 Å². The number of piperidine rings is 1. The quantitative estimate of drug-likeness (QED) is 0.637. The van der Waals surface area contributed by atoms with Crippen molar-refractivity contribution >= 4 is 24.0 Å². The van der Waals surface area contributed by atoms with Crippen LogP contribution < -0.4 is 15.4 Å². The molecule has 7 heteroatoms. The number of nitrogens with one attached hydrogen (secondary N) is 2. The van der Waals surface area contributed by atoms with Crippen molar-refractivity contribution < 1.29 is 9.53 Å². The highest BCUT2D eigenvalue weighted by Crippen LogP contribution is 2.31. The van der Waals surface area contributed by atoms with Gasteiger partial charge in [0.1, 0.15) is 5.75 Å². The van der Waals surface area contributed by atoms with Crippen molar-refractivity contribution in [2.24, 2.45) is 0 Å². The van der Waals surface area contributed by atoms with E-state index >= 15 is 0 Å². The molecule has 2 heterocycles. The highest BCUT2D eigenvalue weighted by molar-refractivity contribution is 6.05. The fourth-order valence-corrected chi connectivity index (χ4v) is 3.79. The Hall–Kier alpha value is -2.83. The van der Waals surface area contributed by atoms with Crippen LogP contribution in [0.25, 0.3) is 5.69 Å². The number of amides is 1. The van der Waals surface area contributed by atoms with E-state index in [9.17, 15) is 4.79 Å². The van der Waals surface area contributed by atoms with Gasteiger partial charge in [-0.1, -0.05) is 17.7 Å². The Bertz CT molecular complexity index is 977. The van der Waals surface area contributed by atoms with Crippen LogP contribution in [-0.4, -0.2) is 35.9 Å². The zero-order valence-electron chi connectivity index (χ0n) is 17.2. The Morgan fingerprint density at radius 1 is 1.10 bits per heavy atom. The van der Waals surface area contributed by atoms with Crippen molar-refractivity contribution in [3.63, 3.8) is 0 Å². The molecule has 158 valence electrons. The molecule has 0 radical (unpaired) electrons. The van der Waals surface area contributed by atoms with Crippen molar-refractivity contribution in [1.82, 2.24) is 15.1 Å². The number of hydrogen-bond donors (Lipinski definition) is 2. The zero-order valence-corrected chi connectivity index (χ0v) is 18.0. The van der Waals surface area contributed by atoms with Crippen LogP contribution in [0, 0.1) is 6.92 Å². The van der Waals surface area contributed by atoms with E-state index in [1.807, 2.05) is 28.9 Å². The van der Waals surface area contributed by atoms with Crippen LogP contribution in [0.5, 0.6) is 5.75 Å². The summed E-state index contributed by atoms with van der Waals surface area (Å²) in [7, 11) is 1.62. The Morgan fingerprint density at radius 2 is 1.77 bits per heavy atom. The van der Waals surface area contributed by atoms with E-state index in [-0.39, 0.29) is 24.2 Å². The Labute approximate surface area is 183 Å². The molecule has 2 aromatic carbocycles. The summed E-state index contributed by atoms with van der Waals surface area (Å²) in [5.41, 5.74) is 4.53. The molecule has 1 aromatic heterocycles. The number of anilines is 1. The minimum Gasteiger partial charge on any atom is -0.497 e. The number of carbonyl (C=O) groups is 1. The molecule has 1 aliphatic heterocycles. The summed E-state index contributed by atoms with van der Waals surface area (Å²) in [6.07, 6.45) is 3.66. The molecule has 6 nitrogen and oxygen atoms in total. The minimum absolute atomic E-state index is 0. The highest BCUT2D eigenvalue weighted by atomic mass is 35.5. The van der Waals surface area contributed by atoms with E-state index in [4.69, 9.17) is 4.74 Å². The molecule has 0 saturated carbocycles. The number of methoxy groups -OCH3 is 1. The molecule has 1 saturated heterocycles. The molecule has 0 spiro atoms. The van der Waals surface area contributed by atoms with Gasteiger partial charge >= 0.3 is 0 Å². The molecule has 0 bridgehead atoms. The molecule has 4 rings (SSSR count). The molecule has 0 atom stereocenters. The molecule has 1 fully saturated rings. The second kappa shape index (κ2) is 9.78. The standard InChI is InChI=1S/C23H26N4O2.ClH/c1-16-3-7-19(8-4-16)27-22(17-11-13-24-14-12-17)21(15-25-27)23(28)26-18-5-9-20(29-2)10-6-18;/h3-10,15,17,24H,11-14H2,1-2H3,(H,26,28);1H.